The predicted octanol–water partition coefficient (Wildman–Crippen LogP) is 1.65. The van der Waals surface area contributed by atoms with Crippen LogP contribution in [-0.2, 0) is 4.79 Å². The quantitative estimate of drug-likeness (QED) is 0.449. The lowest BCUT2D eigenvalue weighted by molar-refractivity contribution is -0.384. The molecule has 7 heteroatoms. The number of carbonyl (C=O) groups is 2. The molecule has 1 aromatic carbocycles. The van der Waals surface area contributed by atoms with Crippen molar-refractivity contribution in [3.8, 4) is 5.75 Å². The summed E-state index contributed by atoms with van der Waals surface area (Å²) in [5, 5.41) is 10.7. The van der Waals surface area contributed by atoms with Crippen LogP contribution in [0.2, 0.25) is 0 Å². The van der Waals surface area contributed by atoms with Gasteiger partial charge in [-0.2, -0.15) is 0 Å². The number of ether oxygens (including phenoxy) is 1. The van der Waals surface area contributed by atoms with Gasteiger partial charge < -0.3 is 9.64 Å². The number of hydrogen-bond acceptors (Lipinski definition) is 5. The van der Waals surface area contributed by atoms with Gasteiger partial charge in [0.1, 0.15) is 5.75 Å². The highest BCUT2D eigenvalue weighted by Crippen LogP contribution is 2.24. The second-order valence-corrected chi connectivity index (χ2v) is 4.38. The molecule has 0 aliphatic rings. The Morgan fingerprint density at radius 1 is 1.35 bits per heavy atom. The molecule has 108 valence electrons. The molecule has 1 amide bonds. The number of nitro benzene ring substituents is 1. The third-order valence-corrected chi connectivity index (χ3v) is 2.63. The molecule has 0 radical (unpaired) electrons. The fraction of sp³-hybridized carbons (Fsp3) is 0.385. The molecule has 0 spiro atoms. The van der Waals surface area contributed by atoms with E-state index in [9.17, 15) is 19.7 Å². The lowest BCUT2D eigenvalue weighted by atomic mass is 10.1. The van der Waals surface area contributed by atoms with Gasteiger partial charge in [-0.15, -0.1) is 0 Å². The molecule has 1 rings (SSSR count). The van der Waals surface area contributed by atoms with Crippen LogP contribution in [0.15, 0.2) is 18.2 Å². The van der Waals surface area contributed by atoms with E-state index in [1.54, 1.807) is 14.1 Å². The molecular weight excluding hydrogens is 264 g/mol. The first kappa shape index (κ1) is 15.6. The minimum absolute atomic E-state index is 0.101. The summed E-state index contributed by atoms with van der Waals surface area (Å²) in [7, 11) is 3.27. The first-order chi connectivity index (χ1) is 9.32. The summed E-state index contributed by atoms with van der Waals surface area (Å²) < 4.78 is 5.36. The largest absolute Gasteiger partial charge is 0.492 e. The predicted molar refractivity (Wildman–Crippen MR) is 71.9 cm³/mol. The summed E-state index contributed by atoms with van der Waals surface area (Å²) in [6.07, 6.45) is 0.168. The first-order valence-electron chi connectivity index (χ1n) is 5.95. The fourth-order valence-electron chi connectivity index (χ4n) is 1.50. The maximum Gasteiger partial charge on any atom is 0.270 e. The number of ketones is 1. The number of rotatable bonds is 6. The van der Waals surface area contributed by atoms with E-state index in [-0.39, 0.29) is 41.7 Å². The van der Waals surface area contributed by atoms with Crippen LogP contribution in [0.1, 0.15) is 23.7 Å². The van der Waals surface area contributed by atoms with Crippen LogP contribution in [0.3, 0.4) is 0 Å². The summed E-state index contributed by atoms with van der Waals surface area (Å²) >= 11 is 0. The van der Waals surface area contributed by atoms with Crippen molar-refractivity contribution in [3.05, 3.63) is 33.9 Å². The van der Waals surface area contributed by atoms with Crippen molar-refractivity contribution in [3.63, 3.8) is 0 Å². The van der Waals surface area contributed by atoms with E-state index in [2.05, 4.69) is 0 Å². The molecule has 0 bridgehead atoms. The van der Waals surface area contributed by atoms with E-state index in [4.69, 9.17) is 4.74 Å². The number of nitro groups is 1. The third kappa shape index (κ3) is 4.04. The maximum absolute atomic E-state index is 11.5. The number of amides is 1. The lowest BCUT2D eigenvalue weighted by Crippen LogP contribution is -2.23. The standard InChI is InChI=1S/C13H16N2O5/c1-9(16)11-8-10(15(18)19)4-5-12(11)20-7-6-13(17)14(2)3/h4-5,8H,6-7H2,1-3H3. The number of Topliss-reactive ketones (excluding diaryl/α,β-unsaturated/α-hetero) is 1. The molecular formula is C13H16N2O5. The molecule has 0 heterocycles. The molecule has 20 heavy (non-hydrogen) atoms. The molecule has 0 saturated heterocycles. The summed E-state index contributed by atoms with van der Waals surface area (Å²) in [5.74, 6) is -0.187. The van der Waals surface area contributed by atoms with Crippen molar-refractivity contribution >= 4 is 17.4 Å². The Kier molecular flexibility index (Phi) is 5.19. The zero-order valence-electron chi connectivity index (χ0n) is 11.6. The Morgan fingerprint density at radius 2 is 2.00 bits per heavy atom. The Labute approximate surface area is 116 Å². The van der Waals surface area contributed by atoms with E-state index in [0.29, 0.717) is 0 Å². The third-order valence-electron chi connectivity index (χ3n) is 2.63. The molecule has 0 unspecified atom stereocenters. The molecule has 1 aromatic rings. The van der Waals surface area contributed by atoms with E-state index >= 15 is 0 Å². The van der Waals surface area contributed by atoms with Crippen LogP contribution < -0.4 is 4.74 Å². The average Bonchev–Trinajstić information content (AvgIpc) is 2.38. The van der Waals surface area contributed by atoms with Crippen LogP contribution in [0.4, 0.5) is 5.69 Å². The van der Waals surface area contributed by atoms with Crippen molar-refractivity contribution in [2.45, 2.75) is 13.3 Å². The Balaban J connectivity index is 2.82. The van der Waals surface area contributed by atoms with Gasteiger partial charge >= 0.3 is 0 Å². The summed E-state index contributed by atoms with van der Waals surface area (Å²) in [6.45, 7) is 1.41. The van der Waals surface area contributed by atoms with Crippen LogP contribution in [0.5, 0.6) is 5.75 Å². The van der Waals surface area contributed by atoms with Crippen molar-refractivity contribution in [2.24, 2.45) is 0 Å². The van der Waals surface area contributed by atoms with Crippen LogP contribution in [0, 0.1) is 10.1 Å². The smallest absolute Gasteiger partial charge is 0.270 e. The van der Waals surface area contributed by atoms with Gasteiger partial charge in [0, 0.05) is 26.2 Å². The van der Waals surface area contributed by atoms with Gasteiger partial charge in [0.05, 0.1) is 23.5 Å². The number of nitrogens with zero attached hydrogens (tertiary/aromatic N) is 2. The fourth-order valence-corrected chi connectivity index (χ4v) is 1.50. The van der Waals surface area contributed by atoms with E-state index < -0.39 is 4.92 Å². The van der Waals surface area contributed by atoms with Gasteiger partial charge in [0.2, 0.25) is 5.91 Å². The summed E-state index contributed by atoms with van der Waals surface area (Å²) in [5.41, 5.74) is -0.0385. The van der Waals surface area contributed by atoms with Gasteiger partial charge in [0.25, 0.3) is 5.69 Å². The zero-order chi connectivity index (χ0) is 15.3. The second kappa shape index (κ2) is 6.65. The van der Waals surface area contributed by atoms with E-state index in [1.165, 1.54) is 30.0 Å². The molecule has 7 nitrogen and oxygen atoms in total. The SMILES string of the molecule is CC(=O)c1cc([N+](=O)[O-])ccc1OCCC(=O)N(C)C. The van der Waals surface area contributed by atoms with Gasteiger partial charge in [0.15, 0.2) is 5.78 Å². The number of hydrogen-bond donors (Lipinski definition) is 0. The van der Waals surface area contributed by atoms with Crippen molar-refractivity contribution in [1.29, 1.82) is 0 Å². The summed E-state index contributed by atoms with van der Waals surface area (Å²) in [6, 6.07) is 3.80. The van der Waals surface area contributed by atoms with Crippen LogP contribution >= 0.6 is 0 Å². The molecule has 0 N–H and O–H groups in total. The normalized spacial score (nSPS) is 9.95. The van der Waals surface area contributed by atoms with Gasteiger partial charge in [-0.05, 0) is 13.0 Å². The number of non-ortho nitro benzene ring substituents is 1. The Morgan fingerprint density at radius 3 is 2.50 bits per heavy atom. The minimum Gasteiger partial charge on any atom is -0.492 e. The molecule has 0 aromatic heterocycles. The van der Waals surface area contributed by atoms with Crippen molar-refractivity contribution in [1.82, 2.24) is 4.90 Å². The van der Waals surface area contributed by atoms with E-state index in [0.717, 1.165) is 0 Å². The van der Waals surface area contributed by atoms with Crippen molar-refractivity contribution in [2.75, 3.05) is 20.7 Å². The highest BCUT2D eigenvalue weighted by molar-refractivity contribution is 5.97. The topological polar surface area (TPSA) is 89.7 Å². The minimum atomic E-state index is -0.578. The number of carbonyl (C=O) groups excluding carboxylic acids is 2. The van der Waals surface area contributed by atoms with Crippen LogP contribution in [-0.4, -0.2) is 42.2 Å². The molecule has 0 atom stereocenters. The van der Waals surface area contributed by atoms with Crippen molar-refractivity contribution < 1.29 is 19.2 Å². The number of benzene rings is 1. The van der Waals surface area contributed by atoms with Crippen LogP contribution in [0.25, 0.3) is 0 Å². The molecule has 0 fully saturated rings. The van der Waals surface area contributed by atoms with Gasteiger partial charge in [-0.1, -0.05) is 0 Å². The first-order valence-corrected chi connectivity index (χ1v) is 5.95. The highest BCUT2D eigenvalue weighted by Gasteiger charge is 2.15. The highest BCUT2D eigenvalue weighted by atomic mass is 16.6. The monoisotopic (exact) mass is 280 g/mol. The Bertz CT molecular complexity index is 540. The van der Waals surface area contributed by atoms with Gasteiger partial charge in [-0.3, -0.25) is 19.7 Å². The maximum atomic E-state index is 11.5. The zero-order valence-corrected chi connectivity index (χ0v) is 11.6. The molecule has 0 saturated carbocycles. The summed E-state index contributed by atoms with van der Waals surface area (Å²) in [4.78, 5) is 34.4. The van der Waals surface area contributed by atoms with Gasteiger partial charge in [-0.25, -0.2) is 0 Å². The lowest BCUT2D eigenvalue weighted by Gasteiger charge is -2.12. The Hall–Kier alpha value is -2.44. The molecule has 0 aliphatic carbocycles. The second-order valence-electron chi connectivity index (χ2n) is 4.38. The molecule has 0 aliphatic heterocycles. The van der Waals surface area contributed by atoms with E-state index in [1.807, 2.05) is 0 Å². The average molecular weight is 280 g/mol.